The number of pyridine rings is 1. The molecule has 3 rings (SSSR count). The van der Waals surface area contributed by atoms with E-state index in [-0.39, 0.29) is 42.7 Å². The molecule has 0 unspecified atom stereocenters. The van der Waals surface area contributed by atoms with Gasteiger partial charge in [-0.15, -0.1) is 0 Å². The van der Waals surface area contributed by atoms with Gasteiger partial charge in [-0.25, -0.2) is 8.42 Å². The van der Waals surface area contributed by atoms with Crippen molar-refractivity contribution >= 4 is 27.7 Å². The minimum atomic E-state index is -3.72. The minimum Gasteiger partial charge on any atom is -0.618 e. The average molecular weight is 454 g/mol. The number of ether oxygens (including phenoxy) is 2. The molecule has 2 heterocycles. The van der Waals surface area contributed by atoms with E-state index in [1.807, 2.05) is 0 Å². The summed E-state index contributed by atoms with van der Waals surface area (Å²) in [6.45, 7) is 0.968. The number of sulfonamides is 1. The van der Waals surface area contributed by atoms with Crippen LogP contribution in [0, 0.1) is 5.21 Å². The maximum atomic E-state index is 13.0. The summed E-state index contributed by atoms with van der Waals surface area (Å²) in [6, 6.07) is 9.46. The first-order valence-electron chi connectivity index (χ1n) is 9.17. The highest BCUT2D eigenvalue weighted by Crippen LogP contribution is 2.31. The second-order valence-corrected chi connectivity index (χ2v) is 9.39. The van der Waals surface area contributed by atoms with Gasteiger partial charge in [-0.3, -0.25) is 4.79 Å². The zero-order chi connectivity index (χ0) is 21.7. The number of nitrogens with zero attached hydrogens (tertiary/aromatic N) is 3. The third-order valence-corrected chi connectivity index (χ3v) is 7.61. The Morgan fingerprint density at radius 2 is 1.80 bits per heavy atom. The maximum Gasteiger partial charge on any atom is 0.251 e. The van der Waals surface area contributed by atoms with Gasteiger partial charge < -0.3 is 19.6 Å². The van der Waals surface area contributed by atoms with Gasteiger partial charge in [-0.2, -0.15) is 9.04 Å². The van der Waals surface area contributed by atoms with E-state index >= 15 is 0 Å². The van der Waals surface area contributed by atoms with E-state index in [1.54, 1.807) is 29.2 Å². The molecule has 1 aliphatic rings. The Morgan fingerprint density at radius 1 is 1.10 bits per heavy atom. The molecule has 1 aromatic heterocycles. The van der Waals surface area contributed by atoms with Crippen molar-refractivity contribution in [1.29, 1.82) is 0 Å². The van der Waals surface area contributed by atoms with Gasteiger partial charge in [0.05, 0.1) is 24.9 Å². The lowest BCUT2D eigenvalue weighted by atomic mass is 10.3. The molecule has 0 bridgehead atoms. The monoisotopic (exact) mass is 453 g/mol. The molecule has 1 saturated heterocycles. The van der Waals surface area contributed by atoms with Gasteiger partial charge in [0.2, 0.25) is 15.9 Å². The van der Waals surface area contributed by atoms with Gasteiger partial charge >= 0.3 is 0 Å². The number of benzene rings is 1. The molecule has 0 aliphatic carbocycles. The SMILES string of the molecule is COc1ccc(S(=O)(=O)N2CCN(C(=O)CSc3cccc[n+]3[O-])CC2)cc1OC. The van der Waals surface area contributed by atoms with Crippen molar-refractivity contribution < 1.29 is 27.4 Å². The number of hydrogen-bond acceptors (Lipinski definition) is 7. The molecular formula is C19H23N3O6S2. The van der Waals surface area contributed by atoms with Gasteiger partial charge in [0.1, 0.15) is 0 Å². The van der Waals surface area contributed by atoms with Crippen LogP contribution in [0.1, 0.15) is 0 Å². The summed E-state index contributed by atoms with van der Waals surface area (Å²) in [7, 11) is -0.794. The Labute approximate surface area is 179 Å². The number of thioether (sulfide) groups is 1. The summed E-state index contributed by atoms with van der Waals surface area (Å²) in [5.41, 5.74) is 0. The fraction of sp³-hybridized carbons (Fsp3) is 0.368. The van der Waals surface area contributed by atoms with E-state index < -0.39 is 10.0 Å². The van der Waals surface area contributed by atoms with Crippen LogP contribution < -0.4 is 14.2 Å². The number of amides is 1. The maximum absolute atomic E-state index is 13.0. The van der Waals surface area contributed by atoms with E-state index in [9.17, 15) is 18.4 Å². The van der Waals surface area contributed by atoms with Crippen LogP contribution in [0.4, 0.5) is 0 Å². The lowest BCUT2D eigenvalue weighted by Crippen LogP contribution is -2.51. The van der Waals surface area contributed by atoms with Crippen LogP contribution in [0.3, 0.4) is 0 Å². The molecule has 0 saturated carbocycles. The molecule has 9 nitrogen and oxygen atoms in total. The number of hydrogen-bond donors (Lipinski definition) is 0. The second-order valence-electron chi connectivity index (χ2n) is 6.46. The molecule has 0 N–H and O–H groups in total. The molecule has 11 heteroatoms. The topological polar surface area (TPSA) is 103 Å². The molecule has 162 valence electrons. The van der Waals surface area contributed by atoms with E-state index in [4.69, 9.17) is 9.47 Å². The van der Waals surface area contributed by atoms with Crippen molar-refractivity contribution in [2.24, 2.45) is 0 Å². The summed E-state index contributed by atoms with van der Waals surface area (Å²) < 4.78 is 38.3. The van der Waals surface area contributed by atoms with Crippen LogP contribution in [0.15, 0.2) is 52.5 Å². The van der Waals surface area contributed by atoms with Crippen molar-refractivity contribution in [2.45, 2.75) is 9.92 Å². The zero-order valence-corrected chi connectivity index (χ0v) is 18.3. The Kier molecular flexibility index (Phi) is 7.06. The second kappa shape index (κ2) is 9.54. The van der Waals surface area contributed by atoms with Crippen LogP contribution in [-0.2, 0) is 14.8 Å². The standard InChI is InChI=1S/C19H23N3O6S2/c1-27-16-7-6-15(13-17(16)28-2)30(25,26)21-11-9-20(10-12-21)18(23)14-29-19-5-3-4-8-22(19)24/h3-8,13H,9-12,14H2,1-2H3. The van der Waals surface area contributed by atoms with E-state index in [2.05, 4.69) is 0 Å². The lowest BCUT2D eigenvalue weighted by Gasteiger charge is -2.34. The molecule has 1 fully saturated rings. The first kappa shape index (κ1) is 22.2. The Morgan fingerprint density at radius 3 is 2.43 bits per heavy atom. The van der Waals surface area contributed by atoms with Crippen molar-refractivity contribution in [2.75, 3.05) is 46.2 Å². The van der Waals surface area contributed by atoms with E-state index in [1.165, 1.54) is 36.9 Å². The normalized spacial score (nSPS) is 15.1. The predicted molar refractivity (Wildman–Crippen MR) is 111 cm³/mol. The zero-order valence-electron chi connectivity index (χ0n) is 16.7. The molecule has 0 atom stereocenters. The van der Waals surface area contributed by atoms with E-state index in [0.29, 0.717) is 21.3 Å². The molecular weight excluding hydrogens is 430 g/mol. The van der Waals surface area contributed by atoms with E-state index in [0.717, 1.165) is 11.8 Å². The van der Waals surface area contributed by atoms with Gasteiger partial charge in [0.15, 0.2) is 17.7 Å². The average Bonchev–Trinajstić information content (AvgIpc) is 2.77. The highest BCUT2D eigenvalue weighted by molar-refractivity contribution is 7.99. The smallest absolute Gasteiger partial charge is 0.251 e. The third-order valence-electron chi connectivity index (χ3n) is 4.72. The summed E-state index contributed by atoms with van der Waals surface area (Å²) in [5, 5.41) is 12.1. The first-order chi connectivity index (χ1) is 14.4. The number of carbonyl (C=O) groups is 1. The molecule has 30 heavy (non-hydrogen) atoms. The molecule has 2 aromatic rings. The summed E-state index contributed by atoms with van der Waals surface area (Å²) >= 11 is 1.16. The van der Waals surface area contributed by atoms with Gasteiger partial charge in [0, 0.05) is 44.4 Å². The molecule has 1 aromatic carbocycles. The van der Waals surface area contributed by atoms with Crippen molar-refractivity contribution in [1.82, 2.24) is 9.21 Å². The highest BCUT2D eigenvalue weighted by atomic mass is 32.2. The summed E-state index contributed by atoms with van der Waals surface area (Å²) in [5.74, 6) is 0.768. The predicted octanol–water partition coefficient (Wildman–Crippen LogP) is 0.962. The van der Waals surface area contributed by atoms with Gasteiger partial charge in [-0.05, 0) is 30.0 Å². The first-order valence-corrected chi connectivity index (χ1v) is 11.6. The van der Waals surface area contributed by atoms with Gasteiger partial charge in [0.25, 0.3) is 5.03 Å². The molecule has 0 radical (unpaired) electrons. The van der Waals surface area contributed by atoms with Crippen molar-refractivity contribution in [3.05, 3.63) is 47.8 Å². The Balaban J connectivity index is 1.60. The number of rotatable bonds is 7. The van der Waals surface area contributed by atoms with Crippen LogP contribution in [-0.4, -0.2) is 69.7 Å². The largest absolute Gasteiger partial charge is 0.618 e. The third kappa shape index (κ3) is 4.79. The quantitative estimate of drug-likeness (QED) is 0.349. The number of carbonyl (C=O) groups excluding carboxylic acids is 1. The summed E-state index contributed by atoms with van der Waals surface area (Å²) in [4.78, 5) is 14.2. The van der Waals surface area contributed by atoms with Gasteiger partial charge in [-0.1, -0.05) is 0 Å². The lowest BCUT2D eigenvalue weighted by molar-refractivity contribution is -0.645. The minimum absolute atomic E-state index is 0.111. The molecule has 0 spiro atoms. The fourth-order valence-corrected chi connectivity index (χ4v) is 5.31. The summed E-state index contributed by atoms with van der Waals surface area (Å²) in [6.07, 6.45) is 1.38. The fourth-order valence-electron chi connectivity index (χ4n) is 3.06. The van der Waals surface area contributed by atoms with Crippen LogP contribution >= 0.6 is 11.8 Å². The van der Waals surface area contributed by atoms with Crippen molar-refractivity contribution in [3.8, 4) is 11.5 Å². The van der Waals surface area contributed by atoms with Crippen LogP contribution in [0.2, 0.25) is 0 Å². The number of piperazine rings is 1. The number of aromatic nitrogens is 1. The molecule has 1 amide bonds. The number of methoxy groups -OCH3 is 2. The molecule has 1 aliphatic heterocycles. The van der Waals surface area contributed by atoms with Crippen molar-refractivity contribution in [3.63, 3.8) is 0 Å². The van der Waals surface area contributed by atoms with Crippen LogP contribution in [0.25, 0.3) is 0 Å². The highest BCUT2D eigenvalue weighted by Gasteiger charge is 2.31. The van der Waals surface area contributed by atoms with Crippen LogP contribution in [0.5, 0.6) is 11.5 Å². The Hall–Kier alpha value is -2.50. The Bertz CT molecular complexity index is 1010.